The Balaban J connectivity index is 1.36. The molecule has 9 atom stereocenters. The third-order valence-electron chi connectivity index (χ3n) is 11.2. The molecule has 6 rings (SSSR count). The summed E-state index contributed by atoms with van der Waals surface area (Å²) >= 11 is 0. The lowest BCUT2D eigenvalue weighted by molar-refractivity contribution is -0.143. The number of nitrogens with zero attached hydrogens (tertiary/aromatic N) is 3. The van der Waals surface area contributed by atoms with Crippen molar-refractivity contribution in [3.8, 4) is 5.75 Å². The van der Waals surface area contributed by atoms with E-state index in [9.17, 15) is 32.7 Å². The topological polar surface area (TPSA) is 214 Å². The van der Waals surface area contributed by atoms with Crippen LogP contribution < -0.4 is 30.8 Å². The van der Waals surface area contributed by atoms with Crippen LogP contribution in [0.2, 0.25) is 0 Å². The molecule has 17 heteroatoms. The summed E-state index contributed by atoms with van der Waals surface area (Å²) in [5, 5.41) is 17.3. The number of carbonyl (C=O) groups is 4. The lowest BCUT2D eigenvalue weighted by Gasteiger charge is -2.34. The number of methoxy groups -OCH3 is 1. The third-order valence-corrected chi connectivity index (χ3v) is 13.0. The van der Waals surface area contributed by atoms with Crippen LogP contribution in [0.3, 0.4) is 0 Å². The van der Waals surface area contributed by atoms with Gasteiger partial charge in [0.15, 0.2) is 6.23 Å². The Hall–Kier alpha value is -4.09. The van der Waals surface area contributed by atoms with E-state index in [4.69, 9.17) is 14.2 Å². The zero-order chi connectivity index (χ0) is 40.8. The molecule has 0 radical (unpaired) electrons. The highest BCUT2D eigenvalue weighted by atomic mass is 32.2. The third kappa shape index (κ3) is 9.20. The highest BCUT2D eigenvalue weighted by molar-refractivity contribution is 7.91. The van der Waals surface area contributed by atoms with E-state index in [2.05, 4.69) is 32.3 Å². The average Bonchev–Trinajstić information content (AvgIpc) is 4.04. The molecule has 3 heterocycles. The van der Waals surface area contributed by atoms with E-state index < -0.39 is 86.3 Å². The first-order valence-corrected chi connectivity index (χ1v) is 21.1. The van der Waals surface area contributed by atoms with E-state index in [1.165, 1.54) is 18.9 Å². The molecule has 3 aliphatic heterocycles. The number of hydrogen-bond donors (Lipinski definition) is 4. The Bertz CT molecular complexity index is 1980. The van der Waals surface area contributed by atoms with Crippen LogP contribution in [0.4, 0.5) is 4.79 Å². The number of amides is 4. The summed E-state index contributed by atoms with van der Waals surface area (Å²) in [5.74, 6) is -2.19. The maximum atomic E-state index is 14.9. The SMILES string of the molecule is CC[C@@H]1C[C@H](C)CC/C=C\[C@@H]2C[C@@]2(C(=O)NS(=O)(=O)C2CC2)NC(=O)[C@@H]2C[C@@H](OC3N=c4cc(OC)ccc4=NC3(C)O)CN2C(=O)[C@H]1NC(=O)OC(C)(C)C. The Morgan fingerprint density at radius 2 is 1.86 bits per heavy atom. The quantitative estimate of drug-likeness (QED) is 0.280. The van der Waals surface area contributed by atoms with Gasteiger partial charge in [-0.3, -0.25) is 19.1 Å². The first-order valence-electron chi connectivity index (χ1n) is 19.6. The van der Waals surface area contributed by atoms with Gasteiger partial charge in [0.1, 0.15) is 29.0 Å². The minimum absolute atomic E-state index is 0.0599. The number of sulfonamides is 1. The molecule has 0 bridgehead atoms. The number of benzene rings is 1. The number of carbonyl (C=O) groups excluding carboxylic acids is 4. The second kappa shape index (κ2) is 15.7. The number of allylic oxidation sites excluding steroid dienone is 1. The summed E-state index contributed by atoms with van der Waals surface area (Å²) in [4.78, 5) is 67.0. The Kier molecular flexibility index (Phi) is 11.6. The van der Waals surface area contributed by atoms with Crippen LogP contribution in [0.25, 0.3) is 0 Å². The second-order valence-corrected chi connectivity index (χ2v) is 19.1. The molecule has 2 unspecified atom stereocenters. The molecule has 0 spiro atoms. The van der Waals surface area contributed by atoms with Crippen LogP contribution in [0.15, 0.2) is 40.3 Å². The summed E-state index contributed by atoms with van der Waals surface area (Å²) in [7, 11) is -2.41. The first kappa shape index (κ1) is 41.5. The Morgan fingerprint density at radius 3 is 2.52 bits per heavy atom. The predicted octanol–water partition coefficient (Wildman–Crippen LogP) is 1.75. The van der Waals surface area contributed by atoms with Gasteiger partial charge >= 0.3 is 6.09 Å². The maximum Gasteiger partial charge on any atom is 0.408 e. The summed E-state index contributed by atoms with van der Waals surface area (Å²) in [6.45, 7) is 10.5. The van der Waals surface area contributed by atoms with Crippen molar-refractivity contribution in [3.05, 3.63) is 41.1 Å². The van der Waals surface area contributed by atoms with Crippen molar-refractivity contribution < 1.29 is 46.9 Å². The Morgan fingerprint density at radius 1 is 1.12 bits per heavy atom. The van der Waals surface area contributed by atoms with E-state index in [-0.39, 0.29) is 31.2 Å². The van der Waals surface area contributed by atoms with Crippen molar-refractivity contribution in [2.24, 2.45) is 27.7 Å². The number of hydrogen-bond acceptors (Lipinski definition) is 12. The summed E-state index contributed by atoms with van der Waals surface area (Å²) in [6, 6.07) is 2.74. The summed E-state index contributed by atoms with van der Waals surface area (Å²) < 4.78 is 45.3. The minimum Gasteiger partial charge on any atom is -0.497 e. The monoisotopic (exact) mass is 800 g/mol. The van der Waals surface area contributed by atoms with Crippen molar-refractivity contribution in [2.45, 2.75) is 139 Å². The number of rotatable bonds is 8. The van der Waals surface area contributed by atoms with Crippen molar-refractivity contribution in [2.75, 3.05) is 13.7 Å². The molecule has 1 aromatic carbocycles. The van der Waals surface area contributed by atoms with Crippen molar-refractivity contribution in [1.82, 2.24) is 20.3 Å². The van der Waals surface area contributed by atoms with Crippen LogP contribution in [-0.2, 0) is 33.9 Å². The number of nitrogens with one attached hydrogen (secondary N) is 3. The van der Waals surface area contributed by atoms with Crippen LogP contribution in [0, 0.1) is 17.8 Å². The van der Waals surface area contributed by atoms with Crippen LogP contribution in [-0.4, -0.2) is 102 Å². The zero-order valence-electron chi connectivity index (χ0n) is 33.2. The summed E-state index contributed by atoms with van der Waals surface area (Å²) in [5.41, 5.74) is -4.21. The number of alkyl carbamates (subject to hydrolysis) is 1. The zero-order valence-corrected chi connectivity index (χ0v) is 34.1. The van der Waals surface area contributed by atoms with Gasteiger partial charge in [-0.05, 0) is 90.2 Å². The van der Waals surface area contributed by atoms with Gasteiger partial charge in [-0.2, -0.15) is 0 Å². The van der Waals surface area contributed by atoms with Gasteiger partial charge in [0.2, 0.25) is 27.6 Å². The fourth-order valence-corrected chi connectivity index (χ4v) is 9.25. The molecule has 308 valence electrons. The molecule has 0 aromatic heterocycles. The van der Waals surface area contributed by atoms with Crippen LogP contribution in [0.5, 0.6) is 5.75 Å². The molecule has 5 aliphatic rings. The average molecular weight is 801 g/mol. The molecule has 1 aromatic rings. The van der Waals surface area contributed by atoms with Gasteiger partial charge < -0.3 is 34.9 Å². The predicted molar refractivity (Wildman–Crippen MR) is 203 cm³/mol. The summed E-state index contributed by atoms with van der Waals surface area (Å²) in [6.07, 6.45) is 4.49. The van der Waals surface area contributed by atoms with Gasteiger partial charge in [-0.15, -0.1) is 0 Å². The fraction of sp³-hybridized carbons (Fsp3) is 0.692. The van der Waals surface area contributed by atoms with Gasteiger partial charge in [-0.1, -0.05) is 32.4 Å². The highest BCUT2D eigenvalue weighted by Gasteiger charge is 2.62. The molecule has 16 nitrogen and oxygen atoms in total. The normalized spacial score (nSPS) is 34.1. The minimum atomic E-state index is -3.93. The second-order valence-electron chi connectivity index (χ2n) is 17.1. The molecule has 4 amide bonds. The maximum absolute atomic E-state index is 14.9. The smallest absolute Gasteiger partial charge is 0.408 e. The van der Waals surface area contributed by atoms with Crippen molar-refractivity contribution in [3.63, 3.8) is 0 Å². The van der Waals surface area contributed by atoms with E-state index in [1.54, 1.807) is 39.0 Å². The number of aliphatic hydroxyl groups is 1. The molecule has 4 N–H and O–H groups in total. The lowest BCUT2D eigenvalue weighted by Crippen LogP contribution is -2.59. The largest absolute Gasteiger partial charge is 0.497 e. The standard InChI is InChI=1S/C39H56N6O10S/c1-8-23-17-22(2)11-9-10-12-24-20-39(24,34(48)44-56(51,52)27-14-15-27)43-32(46)30-19-26(21-45(30)33(47)31(23)41-36(49)55-37(3,4)5)54-35-38(6,50)42-28-16-13-25(53-7)18-29(28)40-35/h10,12-13,16,18,22-24,26-27,30-31,35,50H,8-9,11,14-15,17,19-21H2,1-7H3,(H,41,49)(H,43,46)(H,44,48)/b12-10-/t22-,23-,24-,26-,30+,31+,35?,38?,39-/m1/s1. The fourth-order valence-electron chi connectivity index (χ4n) is 7.88. The van der Waals surface area contributed by atoms with Crippen molar-refractivity contribution in [1.29, 1.82) is 0 Å². The lowest BCUT2D eigenvalue weighted by atomic mass is 9.85. The van der Waals surface area contributed by atoms with Gasteiger partial charge in [0.05, 0.1) is 29.2 Å². The first-order chi connectivity index (χ1) is 26.2. The highest BCUT2D eigenvalue weighted by Crippen LogP contribution is 2.46. The van der Waals surface area contributed by atoms with Gasteiger partial charge in [0, 0.05) is 24.9 Å². The van der Waals surface area contributed by atoms with E-state index in [1.807, 2.05) is 19.1 Å². The van der Waals surface area contributed by atoms with E-state index in [0.29, 0.717) is 48.6 Å². The van der Waals surface area contributed by atoms with E-state index in [0.717, 1.165) is 6.42 Å². The number of fused-ring (bicyclic) bond motifs is 3. The van der Waals surface area contributed by atoms with E-state index >= 15 is 0 Å². The molecule has 56 heavy (non-hydrogen) atoms. The van der Waals surface area contributed by atoms with Crippen LogP contribution in [0.1, 0.15) is 92.9 Å². The molecule has 3 fully saturated rings. The number of ether oxygens (including phenoxy) is 3. The van der Waals surface area contributed by atoms with Gasteiger partial charge in [0.25, 0.3) is 5.91 Å². The van der Waals surface area contributed by atoms with Crippen molar-refractivity contribution >= 4 is 33.8 Å². The molecule has 2 saturated carbocycles. The Labute approximate surface area is 327 Å². The molecular formula is C39H56N6O10S. The molecule has 1 saturated heterocycles. The molecule has 2 aliphatic carbocycles. The van der Waals surface area contributed by atoms with Gasteiger partial charge in [-0.25, -0.2) is 23.2 Å². The van der Waals surface area contributed by atoms with Crippen LogP contribution >= 0.6 is 0 Å². The molecular weight excluding hydrogens is 745 g/mol.